The van der Waals surface area contributed by atoms with Crippen LogP contribution in [0.25, 0.3) is 10.9 Å². The monoisotopic (exact) mass is 421 g/mol. The number of hydrogen-bond donors (Lipinski definition) is 1. The first-order valence-electron chi connectivity index (χ1n) is 10.4. The molecular weight excluding hydrogens is 394 g/mol. The van der Waals surface area contributed by atoms with Crippen molar-refractivity contribution in [3.05, 3.63) is 65.9 Å². The lowest BCUT2D eigenvalue weighted by atomic mass is 9.96. The predicted molar refractivity (Wildman–Crippen MR) is 124 cm³/mol. The van der Waals surface area contributed by atoms with Crippen molar-refractivity contribution in [3.63, 3.8) is 0 Å². The smallest absolute Gasteiger partial charge is 0.220 e. The Bertz CT molecular complexity index is 1050. The van der Waals surface area contributed by atoms with E-state index in [1.165, 1.54) is 5.56 Å². The summed E-state index contributed by atoms with van der Waals surface area (Å²) in [5.74, 6) is 0.639. The maximum atomic E-state index is 11.5. The number of para-hydroxylation sites is 1. The molecule has 2 heterocycles. The average Bonchev–Trinajstić information content (AvgIpc) is 3.13. The van der Waals surface area contributed by atoms with Gasteiger partial charge in [0.2, 0.25) is 5.91 Å². The number of aromatic nitrogens is 1. The van der Waals surface area contributed by atoms with Crippen molar-refractivity contribution in [2.24, 2.45) is 11.7 Å². The molecule has 6 heteroatoms. The molecule has 2 N–H and O–H groups in total. The van der Waals surface area contributed by atoms with E-state index in [1.807, 2.05) is 24.3 Å². The third-order valence-electron chi connectivity index (χ3n) is 5.83. The molecule has 0 bridgehead atoms. The van der Waals surface area contributed by atoms with Crippen molar-refractivity contribution < 1.29 is 9.53 Å². The van der Waals surface area contributed by atoms with E-state index < -0.39 is 0 Å². The molecule has 0 saturated carbocycles. The normalized spacial score (nSPS) is 14.8. The molecule has 0 radical (unpaired) electrons. The van der Waals surface area contributed by atoms with Gasteiger partial charge in [0.15, 0.2) is 0 Å². The number of ether oxygens (including phenoxy) is 1. The minimum atomic E-state index is -0.203. The van der Waals surface area contributed by atoms with Crippen LogP contribution in [-0.2, 0) is 11.3 Å². The van der Waals surface area contributed by atoms with Crippen LogP contribution in [0.5, 0.6) is 5.75 Å². The van der Waals surface area contributed by atoms with Crippen molar-refractivity contribution in [1.29, 1.82) is 0 Å². The molecule has 30 heavy (non-hydrogen) atoms. The Hall–Kier alpha value is -2.86. The SMILES string of the molecule is Cc1ccc(OCCn2cc(C(=S)N3CCC(C(N)=O)CC3)c3ccccc32)cc1. The highest BCUT2D eigenvalue weighted by atomic mass is 32.1. The Morgan fingerprint density at radius 2 is 1.83 bits per heavy atom. The first-order valence-corrected chi connectivity index (χ1v) is 10.8. The van der Waals surface area contributed by atoms with E-state index in [2.05, 4.69) is 46.9 Å². The zero-order chi connectivity index (χ0) is 21.1. The number of piperidine rings is 1. The predicted octanol–water partition coefficient (Wildman–Crippen LogP) is 3.90. The number of benzene rings is 2. The topological polar surface area (TPSA) is 60.5 Å². The third kappa shape index (κ3) is 4.33. The van der Waals surface area contributed by atoms with Crippen LogP contribution in [0.4, 0.5) is 0 Å². The second kappa shape index (κ2) is 8.88. The van der Waals surface area contributed by atoms with Crippen LogP contribution in [0.1, 0.15) is 24.0 Å². The van der Waals surface area contributed by atoms with Crippen LogP contribution in [0.2, 0.25) is 0 Å². The van der Waals surface area contributed by atoms with E-state index >= 15 is 0 Å². The van der Waals surface area contributed by atoms with Crippen LogP contribution in [0.15, 0.2) is 54.7 Å². The molecule has 2 aromatic carbocycles. The number of amides is 1. The molecule has 0 unspecified atom stereocenters. The third-order valence-corrected chi connectivity index (χ3v) is 6.30. The number of carbonyl (C=O) groups is 1. The van der Waals surface area contributed by atoms with Crippen molar-refractivity contribution >= 4 is 34.0 Å². The summed E-state index contributed by atoms with van der Waals surface area (Å²) >= 11 is 5.85. The van der Waals surface area contributed by atoms with Crippen LogP contribution in [0, 0.1) is 12.8 Å². The summed E-state index contributed by atoms with van der Waals surface area (Å²) < 4.78 is 8.14. The number of likely N-dealkylation sites (tertiary alicyclic amines) is 1. The lowest BCUT2D eigenvalue weighted by molar-refractivity contribution is -0.122. The van der Waals surface area contributed by atoms with Crippen molar-refractivity contribution in [2.75, 3.05) is 19.7 Å². The van der Waals surface area contributed by atoms with Crippen LogP contribution in [-0.4, -0.2) is 40.1 Å². The van der Waals surface area contributed by atoms with Gasteiger partial charge < -0.3 is 19.9 Å². The number of carbonyl (C=O) groups excluding carboxylic acids is 1. The number of rotatable bonds is 6. The lowest BCUT2D eigenvalue weighted by Crippen LogP contribution is -2.41. The van der Waals surface area contributed by atoms with Crippen LogP contribution < -0.4 is 10.5 Å². The largest absolute Gasteiger partial charge is 0.492 e. The van der Waals surface area contributed by atoms with Crippen LogP contribution >= 0.6 is 12.2 Å². The molecule has 0 spiro atoms. The highest BCUT2D eigenvalue weighted by molar-refractivity contribution is 7.80. The maximum absolute atomic E-state index is 11.5. The minimum Gasteiger partial charge on any atom is -0.492 e. The van der Waals surface area contributed by atoms with Crippen molar-refractivity contribution in [3.8, 4) is 5.75 Å². The Balaban J connectivity index is 1.48. The molecule has 1 aliphatic rings. The number of hydrogen-bond acceptors (Lipinski definition) is 3. The summed E-state index contributed by atoms with van der Waals surface area (Å²) in [7, 11) is 0. The number of aryl methyl sites for hydroxylation is 1. The summed E-state index contributed by atoms with van der Waals surface area (Å²) in [4.78, 5) is 14.5. The molecule has 5 nitrogen and oxygen atoms in total. The Labute approximate surface area is 182 Å². The highest BCUT2D eigenvalue weighted by Gasteiger charge is 2.26. The molecule has 1 amide bonds. The molecular formula is C24H27N3O2S. The highest BCUT2D eigenvalue weighted by Crippen LogP contribution is 2.26. The van der Waals surface area contributed by atoms with Gasteiger partial charge in [0, 0.05) is 41.7 Å². The molecule has 1 saturated heterocycles. The van der Waals surface area contributed by atoms with Gasteiger partial charge in [0.1, 0.15) is 17.3 Å². The fraction of sp³-hybridized carbons (Fsp3) is 0.333. The second-order valence-electron chi connectivity index (χ2n) is 7.88. The summed E-state index contributed by atoms with van der Waals surface area (Å²) in [6.07, 6.45) is 3.66. The number of fused-ring (bicyclic) bond motifs is 1. The maximum Gasteiger partial charge on any atom is 0.220 e. The van der Waals surface area contributed by atoms with E-state index in [1.54, 1.807) is 0 Å². The fourth-order valence-electron chi connectivity index (χ4n) is 4.04. The van der Waals surface area contributed by atoms with Crippen LogP contribution in [0.3, 0.4) is 0 Å². The average molecular weight is 422 g/mol. The van der Waals surface area contributed by atoms with Gasteiger partial charge in [-0.2, -0.15) is 0 Å². The molecule has 3 aromatic rings. The number of nitrogens with two attached hydrogens (primary N) is 1. The Kier molecular flexibility index (Phi) is 6.04. The molecule has 1 aliphatic heterocycles. The molecule has 1 fully saturated rings. The lowest BCUT2D eigenvalue weighted by Gasteiger charge is -2.32. The second-order valence-corrected chi connectivity index (χ2v) is 8.27. The quantitative estimate of drug-likeness (QED) is 0.613. The van der Waals surface area contributed by atoms with Gasteiger partial charge in [0.25, 0.3) is 0 Å². The minimum absolute atomic E-state index is 0.0377. The molecule has 1 aromatic heterocycles. The number of nitrogens with zero attached hydrogens (tertiary/aromatic N) is 2. The van der Waals surface area contributed by atoms with Crippen molar-refractivity contribution in [1.82, 2.24) is 9.47 Å². The summed E-state index contributed by atoms with van der Waals surface area (Å²) in [6.45, 7) is 4.92. The molecule has 156 valence electrons. The van der Waals surface area contributed by atoms with Gasteiger partial charge in [-0.25, -0.2) is 0 Å². The number of thiocarbonyl (C=S) groups is 1. The van der Waals surface area contributed by atoms with Crippen molar-refractivity contribution in [2.45, 2.75) is 26.3 Å². The molecule has 0 aliphatic carbocycles. The number of primary amides is 1. The molecule has 4 rings (SSSR count). The van der Waals surface area contributed by atoms with Gasteiger partial charge in [-0.1, -0.05) is 48.1 Å². The van der Waals surface area contributed by atoms with E-state index in [4.69, 9.17) is 22.7 Å². The Morgan fingerprint density at radius 3 is 2.53 bits per heavy atom. The first-order chi connectivity index (χ1) is 14.5. The standard InChI is InChI=1S/C24H27N3O2S/c1-17-6-8-19(9-7-17)29-15-14-27-16-21(20-4-2-3-5-22(20)27)24(30)26-12-10-18(11-13-26)23(25)28/h2-9,16,18H,10-15H2,1H3,(H2,25,28). The van der Waals surface area contributed by atoms with Gasteiger partial charge in [-0.15, -0.1) is 0 Å². The Morgan fingerprint density at radius 1 is 1.13 bits per heavy atom. The van der Waals surface area contributed by atoms with E-state index in [9.17, 15) is 4.79 Å². The summed E-state index contributed by atoms with van der Waals surface area (Å²) in [6, 6.07) is 16.4. The zero-order valence-electron chi connectivity index (χ0n) is 17.2. The van der Waals surface area contributed by atoms with Gasteiger partial charge >= 0.3 is 0 Å². The summed E-state index contributed by atoms with van der Waals surface area (Å²) in [5.41, 5.74) is 8.90. The van der Waals surface area contributed by atoms with Gasteiger partial charge in [-0.3, -0.25) is 4.79 Å². The van der Waals surface area contributed by atoms with E-state index in [0.717, 1.165) is 59.7 Å². The van der Waals surface area contributed by atoms with Gasteiger partial charge in [0.05, 0.1) is 6.54 Å². The van der Waals surface area contributed by atoms with E-state index in [-0.39, 0.29) is 11.8 Å². The summed E-state index contributed by atoms with van der Waals surface area (Å²) in [5, 5.41) is 1.15. The van der Waals surface area contributed by atoms with E-state index in [0.29, 0.717) is 6.61 Å². The zero-order valence-corrected chi connectivity index (χ0v) is 18.0. The fourth-order valence-corrected chi connectivity index (χ4v) is 4.38. The molecule has 0 atom stereocenters. The first kappa shape index (κ1) is 20.4. The van der Waals surface area contributed by atoms with Gasteiger partial charge in [-0.05, 0) is 38.0 Å².